The maximum atomic E-state index is 11.2. The molecule has 1 fully saturated rings. The quantitative estimate of drug-likeness (QED) is 0.670. The molecule has 1 aliphatic rings. The number of carbonyl (C=O) groups excluding carboxylic acids is 1. The Kier molecular flexibility index (Phi) is 3.53. The highest BCUT2D eigenvalue weighted by Crippen LogP contribution is 2.10. The minimum Gasteiger partial charge on any atom is -0.341 e. The fourth-order valence-electron chi connectivity index (χ4n) is 1.59. The maximum Gasteiger partial charge on any atom is 0.222 e. The largest absolute Gasteiger partial charge is 0.341 e. The van der Waals surface area contributed by atoms with Crippen molar-refractivity contribution < 1.29 is 4.79 Å². The number of hydrogen-bond acceptors (Lipinski definition) is 2. The Hall–Kier alpha value is -0.570. The van der Waals surface area contributed by atoms with Gasteiger partial charge in [0, 0.05) is 25.6 Å². The van der Waals surface area contributed by atoms with Crippen molar-refractivity contribution in [2.75, 3.05) is 20.1 Å². The molecule has 1 unspecified atom stereocenters. The summed E-state index contributed by atoms with van der Waals surface area (Å²) in [4.78, 5) is 13.2. The highest BCUT2D eigenvalue weighted by atomic mass is 16.2. The lowest BCUT2D eigenvalue weighted by Gasteiger charge is -2.22. The van der Waals surface area contributed by atoms with Crippen LogP contribution in [0.15, 0.2) is 0 Å². The zero-order chi connectivity index (χ0) is 8.97. The van der Waals surface area contributed by atoms with Gasteiger partial charge in [-0.1, -0.05) is 6.92 Å². The second-order valence-corrected chi connectivity index (χ2v) is 3.34. The summed E-state index contributed by atoms with van der Waals surface area (Å²) in [6.45, 7) is 3.98. The van der Waals surface area contributed by atoms with Crippen molar-refractivity contribution in [3.05, 3.63) is 0 Å². The van der Waals surface area contributed by atoms with Gasteiger partial charge in [0.1, 0.15) is 0 Å². The third-order valence-corrected chi connectivity index (χ3v) is 2.51. The van der Waals surface area contributed by atoms with Crippen molar-refractivity contribution in [1.82, 2.24) is 10.2 Å². The third kappa shape index (κ3) is 2.21. The smallest absolute Gasteiger partial charge is 0.222 e. The minimum atomic E-state index is 0.323. The average molecular weight is 170 g/mol. The van der Waals surface area contributed by atoms with E-state index < -0.39 is 0 Å². The van der Waals surface area contributed by atoms with E-state index in [9.17, 15) is 4.79 Å². The van der Waals surface area contributed by atoms with Gasteiger partial charge < -0.3 is 10.2 Å². The Bertz CT molecular complexity index is 155. The van der Waals surface area contributed by atoms with Crippen molar-refractivity contribution in [2.45, 2.75) is 32.2 Å². The number of nitrogens with zero attached hydrogens (tertiary/aromatic N) is 1. The van der Waals surface area contributed by atoms with E-state index in [0.29, 0.717) is 11.9 Å². The van der Waals surface area contributed by atoms with Gasteiger partial charge in [-0.05, 0) is 19.9 Å². The normalized spacial score (nSPS) is 20.2. The molecule has 1 aliphatic heterocycles. The molecule has 0 radical (unpaired) electrons. The van der Waals surface area contributed by atoms with Gasteiger partial charge in [0.05, 0.1) is 0 Å². The average Bonchev–Trinajstić information content (AvgIpc) is 2.47. The molecule has 0 aromatic carbocycles. The van der Waals surface area contributed by atoms with Gasteiger partial charge in [-0.15, -0.1) is 0 Å². The maximum absolute atomic E-state index is 11.2. The second-order valence-electron chi connectivity index (χ2n) is 3.34. The van der Waals surface area contributed by atoms with Crippen molar-refractivity contribution in [1.29, 1.82) is 0 Å². The first kappa shape index (κ1) is 9.52. The van der Waals surface area contributed by atoms with E-state index in [2.05, 4.69) is 12.2 Å². The van der Waals surface area contributed by atoms with Crippen LogP contribution in [0.1, 0.15) is 26.2 Å². The molecule has 12 heavy (non-hydrogen) atoms. The predicted molar refractivity (Wildman–Crippen MR) is 49.0 cm³/mol. The SMILES string of the molecule is CCC(CN1CCCC1=O)NC. The molecular weight excluding hydrogens is 152 g/mol. The van der Waals surface area contributed by atoms with Crippen LogP contribution in [0, 0.1) is 0 Å². The van der Waals surface area contributed by atoms with Gasteiger partial charge >= 0.3 is 0 Å². The van der Waals surface area contributed by atoms with Crippen LogP contribution in [-0.2, 0) is 4.79 Å². The molecule has 3 nitrogen and oxygen atoms in total. The molecule has 0 aromatic rings. The highest BCUT2D eigenvalue weighted by Gasteiger charge is 2.21. The van der Waals surface area contributed by atoms with Crippen LogP contribution < -0.4 is 5.32 Å². The van der Waals surface area contributed by atoms with Crippen LogP contribution >= 0.6 is 0 Å². The summed E-state index contributed by atoms with van der Waals surface area (Å²) in [5.41, 5.74) is 0. The van der Waals surface area contributed by atoms with Crippen LogP contribution in [-0.4, -0.2) is 37.0 Å². The lowest BCUT2D eigenvalue weighted by atomic mass is 10.2. The van der Waals surface area contributed by atoms with Gasteiger partial charge in [0.15, 0.2) is 0 Å². The number of nitrogens with one attached hydrogen (secondary N) is 1. The number of carbonyl (C=O) groups is 1. The van der Waals surface area contributed by atoms with Crippen molar-refractivity contribution in [2.24, 2.45) is 0 Å². The minimum absolute atomic E-state index is 0.323. The monoisotopic (exact) mass is 170 g/mol. The molecular formula is C9H18N2O. The van der Waals surface area contributed by atoms with E-state index in [0.717, 1.165) is 32.4 Å². The Morgan fingerprint density at radius 3 is 2.83 bits per heavy atom. The molecule has 1 atom stereocenters. The van der Waals surface area contributed by atoms with E-state index in [1.165, 1.54) is 0 Å². The Balaban J connectivity index is 2.33. The Labute approximate surface area is 74.1 Å². The predicted octanol–water partition coefficient (Wildman–Crippen LogP) is 0.607. The molecule has 1 heterocycles. The Morgan fingerprint density at radius 2 is 2.42 bits per heavy atom. The van der Waals surface area contributed by atoms with E-state index >= 15 is 0 Å². The molecule has 0 saturated carbocycles. The summed E-state index contributed by atoms with van der Waals surface area (Å²) in [6.07, 6.45) is 2.87. The molecule has 1 amide bonds. The van der Waals surface area contributed by atoms with Crippen molar-refractivity contribution >= 4 is 5.91 Å². The topological polar surface area (TPSA) is 32.3 Å². The first-order valence-electron chi connectivity index (χ1n) is 4.73. The second kappa shape index (κ2) is 4.45. The van der Waals surface area contributed by atoms with Crippen LogP contribution in [0.3, 0.4) is 0 Å². The molecule has 3 heteroatoms. The first-order valence-corrected chi connectivity index (χ1v) is 4.73. The number of rotatable bonds is 4. The van der Waals surface area contributed by atoms with Gasteiger partial charge in [0.2, 0.25) is 5.91 Å². The van der Waals surface area contributed by atoms with Crippen LogP contribution in [0.2, 0.25) is 0 Å². The van der Waals surface area contributed by atoms with Crippen LogP contribution in [0.4, 0.5) is 0 Å². The molecule has 0 aromatic heterocycles. The standard InChI is InChI=1S/C9H18N2O/c1-3-8(10-2)7-11-6-4-5-9(11)12/h8,10H,3-7H2,1-2H3. The van der Waals surface area contributed by atoms with E-state index in [1.54, 1.807) is 0 Å². The number of amides is 1. The summed E-state index contributed by atoms with van der Waals surface area (Å²) in [6, 6.07) is 0.465. The van der Waals surface area contributed by atoms with E-state index in [1.807, 2.05) is 11.9 Å². The lowest BCUT2D eigenvalue weighted by Crippen LogP contribution is -2.39. The van der Waals surface area contributed by atoms with E-state index in [-0.39, 0.29) is 0 Å². The van der Waals surface area contributed by atoms with Gasteiger partial charge in [-0.25, -0.2) is 0 Å². The third-order valence-electron chi connectivity index (χ3n) is 2.51. The molecule has 70 valence electrons. The van der Waals surface area contributed by atoms with E-state index in [4.69, 9.17) is 0 Å². The summed E-state index contributed by atoms with van der Waals surface area (Å²) in [5.74, 6) is 0.323. The van der Waals surface area contributed by atoms with Gasteiger partial charge in [-0.2, -0.15) is 0 Å². The molecule has 1 rings (SSSR count). The summed E-state index contributed by atoms with van der Waals surface area (Å²) in [7, 11) is 1.95. The van der Waals surface area contributed by atoms with Crippen molar-refractivity contribution in [3.63, 3.8) is 0 Å². The Morgan fingerprint density at radius 1 is 1.67 bits per heavy atom. The van der Waals surface area contributed by atoms with Gasteiger partial charge in [-0.3, -0.25) is 4.79 Å². The fraction of sp³-hybridized carbons (Fsp3) is 0.889. The zero-order valence-electron chi connectivity index (χ0n) is 7.97. The highest BCUT2D eigenvalue weighted by molar-refractivity contribution is 5.78. The molecule has 0 aliphatic carbocycles. The summed E-state index contributed by atoms with van der Waals surface area (Å²) < 4.78 is 0. The fourth-order valence-corrected chi connectivity index (χ4v) is 1.59. The zero-order valence-corrected chi connectivity index (χ0v) is 7.97. The summed E-state index contributed by atoms with van der Waals surface area (Å²) in [5, 5.41) is 3.21. The molecule has 0 spiro atoms. The lowest BCUT2D eigenvalue weighted by molar-refractivity contribution is -0.128. The number of likely N-dealkylation sites (N-methyl/N-ethyl adjacent to an activating group) is 1. The van der Waals surface area contributed by atoms with Crippen LogP contribution in [0.25, 0.3) is 0 Å². The van der Waals surface area contributed by atoms with Crippen molar-refractivity contribution in [3.8, 4) is 0 Å². The number of hydrogen-bond donors (Lipinski definition) is 1. The number of likely N-dealkylation sites (tertiary alicyclic amines) is 1. The summed E-state index contributed by atoms with van der Waals surface area (Å²) >= 11 is 0. The first-order chi connectivity index (χ1) is 5.77. The molecule has 1 saturated heterocycles. The van der Waals surface area contributed by atoms with Crippen LogP contribution in [0.5, 0.6) is 0 Å². The van der Waals surface area contributed by atoms with Gasteiger partial charge in [0.25, 0.3) is 0 Å². The molecule has 1 N–H and O–H groups in total. The molecule has 0 bridgehead atoms.